The molecular formula is C21H22BrN3O4S. The van der Waals surface area contributed by atoms with Gasteiger partial charge in [-0.25, -0.2) is 13.1 Å². The zero-order valence-electron chi connectivity index (χ0n) is 16.1. The van der Waals surface area contributed by atoms with Crippen LogP contribution >= 0.6 is 15.9 Å². The maximum Gasteiger partial charge on any atom is 0.244 e. The second-order valence-corrected chi connectivity index (χ2v) is 9.52. The van der Waals surface area contributed by atoms with Crippen LogP contribution in [0.3, 0.4) is 0 Å². The van der Waals surface area contributed by atoms with Gasteiger partial charge in [-0.1, -0.05) is 28.1 Å². The number of rotatable bonds is 9. The van der Waals surface area contributed by atoms with Gasteiger partial charge < -0.3 is 10.6 Å². The summed E-state index contributed by atoms with van der Waals surface area (Å²) in [5.74, 6) is -0.531. The Hall–Kier alpha value is -2.49. The van der Waals surface area contributed by atoms with E-state index in [0.29, 0.717) is 11.3 Å². The van der Waals surface area contributed by atoms with Crippen LogP contribution in [0.25, 0.3) is 6.08 Å². The number of anilines is 1. The Morgan fingerprint density at radius 2 is 1.70 bits per heavy atom. The quantitative estimate of drug-likeness (QED) is 0.468. The van der Waals surface area contributed by atoms with E-state index in [1.165, 1.54) is 18.2 Å². The summed E-state index contributed by atoms with van der Waals surface area (Å²) in [6.45, 7) is 0.204. The van der Waals surface area contributed by atoms with E-state index in [4.69, 9.17) is 0 Å². The Balaban J connectivity index is 1.41. The summed E-state index contributed by atoms with van der Waals surface area (Å²) in [7, 11) is -3.48. The van der Waals surface area contributed by atoms with Gasteiger partial charge >= 0.3 is 0 Å². The van der Waals surface area contributed by atoms with Crippen molar-refractivity contribution in [1.82, 2.24) is 10.0 Å². The molecule has 158 valence electrons. The zero-order chi connectivity index (χ0) is 21.6. The summed E-state index contributed by atoms with van der Waals surface area (Å²) in [4.78, 5) is 24.0. The van der Waals surface area contributed by atoms with Gasteiger partial charge in [0, 0.05) is 35.2 Å². The molecule has 1 aliphatic rings. The standard InChI is InChI=1S/C21H22BrN3O4S/c22-16-4-6-17(7-5-16)24-21(27)13-14-23-20(26)12-3-15-1-10-19(11-2-15)30(28,29)25-18-8-9-18/h1-7,10-12,18,25H,8-9,13-14H2,(H,23,26)(H,24,27)/b12-3+. The molecule has 1 aliphatic carbocycles. The number of halogens is 1. The minimum absolute atomic E-state index is 0.0511. The average molecular weight is 492 g/mol. The molecule has 0 bridgehead atoms. The molecule has 0 atom stereocenters. The normalized spacial score (nSPS) is 13.9. The van der Waals surface area contributed by atoms with E-state index in [1.54, 1.807) is 30.3 Å². The van der Waals surface area contributed by atoms with Crippen LogP contribution in [0.1, 0.15) is 24.8 Å². The average Bonchev–Trinajstić information content (AvgIpc) is 3.52. The van der Waals surface area contributed by atoms with E-state index >= 15 is 0 Å². The molecular weight excluding hydrogens is 470 g/mol. The lowest BCUT2D eigenvalue weighted by Gasteiger charge is -2.06. The molecule has 0 unspecified atom stereocenters. The predicted octanol–water partition coefficient (Wildman–Crippen LogP) is 3.05. The fourth-order valence-corrected chi connectivity index (χ4v) is 4.10. The van der Waals surface area contributed by atoms with E-state index < -0.39 is 10.0 Å². The number of nitrogens with one attached hydrogen (secondary N) is 3. The molecule has 0 saturated heterocycles. The van der Waals surface area contributed by atoms with Gasteiger partial charge in [0.2, 0.25) is 21.8 Å². The second-order valence-electron chi connectivity index (χ2n) is 6.89. The van der Waals surface area contributed by atoms with Crippen molar-refractivity contribution in [2.45, 2.75) is 30.2 Å². The molecule has 1 saturated carbocycles. The molecule has 0 radical (unpaired) electrons. The first-order valence-corrected chi connectivity index (χ1v) is 11.7. The van der Waals surface area contributed by atoms with Crippen LogP contribution in [-0.2, 0) is 19.6 Å². The smallest absolute Gasteiger partial charge is 0.244 e. The Bertz CT molecular complexity index is 1030. The van der Waals surface area contributed by atoms with Gasteiger partial charge in [-0.3, -0.25) is 9.59 Å². The maximum atomic E-state index is 12.1. The number of hydrogen-bond donors (Lipinski definition) is 3. The molecule has 0 spiro atoms. The molecule has 2 amide bonds. The summed E-state index contributed by atoms with van der Waals surface area (Å²) < 4.78 is 27.8. The first kappa shape index (κ1) is 22.2. The maximum absolute atomic E-state index is 12.1. The van der Waals surface area contributed by atoms with Crippen molar-refractivity contribution in [2.75, 3.05) is 11.9 Å². The third-order valence-corrected chi connectivity index (χ3v) is 6.36. The second kappa shape index (κ2) is 10.0. The van der Waals surface area contributed by atoms with Crippen LogP contribution in [0.2, 0.25) is 0 Å². The van der Waals surface area contributed by atoms with Crippen molar-refractivity contribution < 1.29 is 18.0 Å². The van der Waals surface area contributed by atoms with Gasteiger partial charge in [-0.15, -0.1) is 0 Å². The number of benzene rings is 2. The van der Waals surface area contributed by atoms with Crippen molar-refractivity contribution in [3.8, 4) is 0 Å². The van der Waals surface area contributed by atoms with Crippen molar-refractivity contribution in [3.63, 3.8) is 0 Å². The first-order chi connectivity index (χ1) is 14.3. The third kappa shape index (κ3) is 7.08. The van der Waals surface area contributed by atoms with Crippen LogP contribution in [0.4, 0.5) is 5.69 Å². The summed E-state index contributed by atoms with van der Waals surface area (Å²) in [6, 6.07) is 13.6. The van der Waals surface area contributed by atoms with E-state index in [0.717, 1.165) is 17.3 Å². The van der Waals surface area contributed by atoms with Crippen LogP contribution in [0.15, 0.2) is 64.0 Å². The number of amides is 2. The molecule has 2 aromatic carbocycles. The van der Waals surface area contributed by atoms with Crippen LogP contribution in [0, 0.1) is 0 Å². The lowest BCUT2D eigenvalue weighted by atomic mass is 10.2. The summed E-state index contributed by atoms with van der Waals surface area (Å²) in [5.41, 5.74) is 1.38. The highest BCUT2D eigenvalue weighted by atomic mass is 79.9. The number of sulfonamides is 1. The van der Waals surface area contributed by atoms with Gasteiger partial charge in [0.25, 0.3) is 0 Å². The summed E-state index contributed by atoms with van der Waals surface area (Å²) in [5, 5.41) is 5.39. The summed E-state index contributed by atoms with van der Waals surface area (Å²) in [6.07, 6.45) is 4.83. The van der Waals surface area contributed by atoms with Crippen molar-refractivity contribution in [1.29, 1.82) is 0 Å². The lowest BCUT2D eigenvalue weighted by molar-refractivity contribution is -0.117. The molecule has 9 heteroatoms. The van der Waals surface area contributed by atoms with Gasteiger partial charge in [0.05, 0.1) is 4.90 Å². The largest absolute Gasteiger partial charge is 0.352 e. The van der Waals surface area contributed by atoms with Gasteiger partial charge in [-0.05, 0) is 60.9 Å². The number of hydrogen-bond acceptors (Lipinski definition) is 4. The van der Waals surface area contributed by atoms with Gasteiger partial charge in [0.15, 0.2) is 0 Å². The Kier molecular flexibility index (Phi) is 7.41. The van der Waals surface area contributed by atoms with Crippen LogP contribution in [-0.4, -0.2) is 32.8 Å². The molecule has 7 nitrogen and oxygen atoms in total. The molecule has 3 rings (SSSR count). The highest BCUT2D eigenvalue weighted by Gasteiger charge is 2.27. The topological polar surface area (TPSA) is 104 Å². The van der Waals surface area contributed by atoms with E-state index in [-0.39, 0.29) is 35.7 Å². The van der Waals surface area contributed by atoms with Crippen LogP contribution < -0.4 is 15.4 Å². The SMILES string of the molecule is O=C(/C=C/c1ccc(S(=O)(=O)NC2CC2)cc1)NCCC(=O)Nc1ccc(Br)cc1. The molecule has 3 N–H and O–H groups in total. The molecule has 30 heavy (non-hydrogen) atoms. The monoisotopic (exact) mass is 491 g/mol. The Morgan fingerprint density at radius 3 is 2.33 bits per heavy atom. The Morgan fingerprint density at radius 1 is 1.03 bits per heavy atom. The first-order valence-electron chi connectivity index (χ1n) is 9.45. The van der Waals surface area contributed by atoms with Gasteiger partial charge in [0.1, 0.15) is 0 Å². The Labute approximate surface area is 184 Å². The van der Waals surface area contributed by atoms with E-state index in [9.17, 15) is 18.0 Å². The molecule has 0 aromatic heterocycles. The zero-order valence-corrected chi connectivity index (χ0v) is 18.5. The van der Waals surface area contributed by atoms with E-state index in [2.05, 4.69) is 31.3 Å². The lowest BCUT2D eigenvalue weighted by Crippen LogP contribution is -2.26. The fourth-order valence-electron chi connectivity index (χ4n) is 2.53. The summed E-state index contributed by atoms with van der Waals surface area (Å²) >= 11 is 3.33. The highest BCUT2D eigenvalue weighted by Crippen LogP contribution is 2.22. The molecule has 0 aliphatic heterocycles. The van der Waals surface area contributed by atoms with Crippen molar-refractivity contribution in [2.24, 2.45) is 0 Å². The number of carbonyl (C=O) groups is 2. The van der Waals surface area contributed by atoms with Crippen LogP contribution in [0.5, 0.6) is 0 Å². The highest BCUT2D eigenvalue weighted by molar-refractivity contribution is 9.10. The fraction of sp³-hybridized carbons (Fsp3) is 0.238. The van der Waals surface area contributed by atoms with E-state index in [1.807, 2.05) is 12.1 Å². The molecule has 2 aromatic rings. The van der Waals surface area contributed by atoms with Crippen molar-refractivity contribution in [3.05, 3.63) is 64.6 Å². The third-order valence-electron chi connectivity index (χ3n) is 4.30. The van der Waals surface area contributed by atoms with Crippen molar-refractivity contribution >= 4 is 49.5 Å². The molecule has 1 fully saturated rings. The predicted molar refractivity (Wildman–Crippen MR) is 119 cm³/mol. The minimum Gasteiger partial charge on any atom is -0.352 e. The molecule has 0 heterocycles. The minimum atomic E-state index is -3.48. The van der Waals surface area contributed by atoms with Gasteiger partial charge in [-0.2, -0.15) is 0 Å². The number of carbonyl (C=O) groups excluding carboxylic acids is 2.